The summed E-state index contributed by atoms with van der Waals surface area (Å²) in [6.07, 6.45) is 18.3. The molecular formula is C24H45NO2. The Labute approximate surface area is 168 Å². The molecule has 1 rings (SSSR count). The maximum Gasteiger partial charge on any atom is 0.306 e. The Hall–Kier alpha value is -0.830. The number of hydrogen-bond donors (Lipinski definition) is 0. The first-order chi connectivity index (χ1) is 13.2. The van der Waals surface area contributed by atoms with Crippen molar-refractivity contribution in [2.24, 2.45) is 5.92 Å². The summed E-state index contributed by atoms with van der Waals surface area (Å²) in [6, 6.07) is 0. The number of ether oxygens (including phenoxy) is 1. The molecule has 0 spiro atoms. The van der Waals surface area contributed by atoms with E-state index in [-0.39, 0.29) is 5.97 Å². The standard InChI is InChI=1S/C24H45NO2/c1-4-6-7-8-9-10-11-17-25(19-16-23-14-15-23)18-12-20-27-24(26)21-22(3)13-5-2/h16,22H,4-15,17-21H2,1-3H3. The van der Waals surface area contributed by atoms with E-state index >= 15 is 0 Å². The van der Waals surface area contributed by atoms with E-state index < -0.39 is 0 Å². The normalized spacial score (nSPS) is 14.4. The van der Waals surface area contributed by atoms with Crippen LogP contribution in [0.3, 0.4) is 0 Å². The van der Waals surface area contributed by atoms with Gasteiger partial charge in [0.1, 0.15) is 0 Å². The van der Waals surface area contributed by atoms with Crippen LogP contribution in [0, 0.1) is 5.92 Å². The van der Waals surface area contributed by atoms with Crippen molar-refractivity contribution in [1.29, 1.82) is 0 Å². The Kier molecular flexibility index (Phi) is 14.5. The van der Waals surface area contributed by atoms with Crippen molar-refractivity contribution in [1.82, 2.24) is 4.90 Å². The van der Waals surface area contributed by atoms with Crippen molar-refractivity contribution in [2.45, 2.75) is 104 Å². The second kappa shape index (κ2) is 16.2. The molecule has 1 unspecified atom stereocenters. The van der Waals surface area contributed by atoms with Gasteiger partial charge in [0, 0.05) is 19.5 Å². The largest absolute Gasteiger partial charge is 0.466 e. The van der Waals surface area contributed by atoms with E-state index in [0.717, 1.165) is 32.4 Å². The lowest BCUT2D eigenvalue weighted by Gasteiger charge is -2.21. The highest BCUT2D eigenvalue weighted by molar-refractivity contribution is 5.69. The van der Waals surface area contributed by atoms with Gasteiger partial charge in [0.15, 0.2) is 0 Å². The zero-order valence-electron chi connectivity index (χ0n) is 18.4. The summed E-state index contributed by atoms with van der Waals surface area (Å²) in [5.74, 6) is 0.427. The van der Waals surface area contributed by atoms with Crippen LogP contribution >= 0.6 is 0 Å². The van der Waals surface area contributed by atoms with Crippen molar-refractivity contribution in [3.8, 4) is 0 Å². The lowest BCUT2D eigenvalue weighted by molar-refractivity contribution is -0.144. The molecule has 1 fully saturated rings. The van der Waals surface area contributed by atoms with Crippen LogP contribution in [0.5, 0.6) is 0 Å². The number of nitrogens with zero attached hydrogens (tertiary/aromatic N) is 1. The van der Waals surface area contributed by atoms with Crippen molar-refractivity contribution < 1.29 is 9.53 Å². The van der Waals surface area contributed by atoms with Crippen molar-refractivity contribution in [3.05, 3.63) is 11.6 Å². The van der Waals surface area contributed by atoms with Gasteiger partial charge in [-0.15, -0.1) is 0 Å². The van der Waals surface area contributed by atoms with Gasteiger partial charge in [-0.25, -0.2) is 0 Å². The molecule has 0 heterocycles. The Bertz CT molecular complexity index is 399. The molecule has 0 N–H and O–H groups in total. The molecule has 1 aliphatic rings. The molecule has 1 aliphatic carbocycles. The summed E-state index contributed by atoms with van der Waals surface area (Å²) in [7, 11) is 0. The molecule has 0 bridgehead atoms. The fraction of sp³-hybridized carbons (Fsp3) is 0.875. The van der Waals surface area contributed by atoms with Crippen LogP contribution in [-0.2, 0) is 9.53 Å². The predicted molar refractivity (Wildman–Crippen MR) is 116 cm³/mol. The molecule has 0 amide bonds. The Morgan fingerprint density at radius 1 is 1.00 bits per heavy atom. The molecule has 158 valence electrons. The number of esters is 1. The third kappa shape index (κ3) is 14.8. The van der Waals surface area contributed by atoms with E-state index in [4.69, 9.17) is 4.74 Å². The van der Waals surface area contributed by atoms with E-state index in [1.165, 1.54) is 64.3 Å². The number of carbonyl (C=O) groups excluding carboxylic acids is 1. The van der Waals surface area contributed by atoms with Crippen LogP contribution in [-0.4, -0.2) is 37.1 Å². The monoisotopic (exact) mass is 379 g/mol. The number of carbonyl (C=O) groups is 1. The second-order valence-electron chi connectivity index (χ2n) is 8.46. The van der Waals surface area contributed by atoms with E-state index in [0.29, 0.717) is 18.9 Å². The molecule has 3 heteroatoms. The van der Waals surface area contributed by atoms with Crippen molar-refractivity contribution >= 4 is 5.97 Å². The van der Waals surface area contributed by atoms with Gasteiger partial charge < -0.3 is 4.74 Å². The molecule has 1 saturated carbocycles. The van der Waals surface area contributed by atoms with Gasteiger partial charge >= 0.3 is 5.97 Å². The van der Waals surface area contributed by atoms with Gasteiger partial charge in [-0.3, -0.25) is 9.69 Å². The average molecular weight is 380 g/mol. The minimum atomic E-state index is -0.0188. The van der Waals surface area contributed by atoms with E-state index in [2.05, 4.69) is 31.7 Å². The number of rotatable bonds is 18. The Balaban J connectivity index is 2.13. The fourth-order valence-corrected chi connectivity index (χ4v) is 3.53. The molecule has 0 saturated heterocycles. The maximum absolute atomic E-state index is 11.9. The van der Waals surface area contributed by atoms with Gasteiger partial charge in [-0.05, 0) is 38.1 Å². The van der Waals surface area contributed by atoms with Gasteiger partial charge in [-0.1, -0.05) is 83.8 Å². The van der Waals surface area contributed by atoms with Crippen LogP contribution in [0.1, 0.15) is 104 Å². The third-order valence-electron chi connectivity index (χ3n) is 5.43. The van der Waals surface area contributed by atoms with Crippen LogP contribution in [0.15, 0.2) is 11.6 Å². The molecule has 1 atom stereocenters. The van der Waals surface area contributed by atoms with Gasteiger partial charge in [0.05, 0.1) is 6.61 Å². The summed E-state index contributed by atoms with van der Waals surface area (Å²) in [4.78, 5) is 14.4. The SMILES string of the molecule is CCCCCCCCCN(CC=C1CC1)CCCOC(=O)CC(C)CCC. The lowest BCUT2D eigenvalue weighted by atomic mass is 10.0. The van der Waals surface area contributed by atoms with Gasteiger partial charge in [0.25, 0.3) is 0 Å². The first-order valence-corrected chi connectivity index (χ1v) is 11.7. The highest BCUT2D eigenvalue weighted by Crippen LogP contribution is 2.27. The smallest absolute Gasteiger partial charge is 0.306 e. The molecule has 0 radical (unpaired) electrons. The Morgan fingerprint density at radius 3 is 2.33 bits per heavy atom. The highest BCUT2D eigenvalue weighted by atomic mass is 16.5. The zero-order valence-corrected chi connectivity index (χ0v) is 18.4. The predicted octanol–water partition coefficient (Wildman–Crippen LogP) is 6.52. The summed E-state index contributed by atoms with van der Waals surface area (Å²) in [6.45, 7) is 10.4. The summed E-state index contributed by atoms with van der Waals surface area (Å²) in [5, 5.41) is 0. The summed E-state index contributed by atoms with van der Waals surface area (Å²) >= 11 is 0. The van der Waals surface area contributed by atoms with Crippen molar-refractivity contribution in [3.63, 3.8) is 0 Å². The topological polar surface area (TPSA) is 29.5 Å². The lowest BCUT2D eigenvalue weighted by Crippen LogP contribution is -2.27. The average Bonchev–Trinajstić information content (AvgIpc) is 3.46. The van der Waals surface area contributed by atoms with Crippen LogP contribution in [0.4, 0.5) is 0 Å². The summed E-state index contributed by atoms with van der Waals surface area (Å²) in [5.41, 5.74) is 1.62. The second-order valence-corrected chi connectivity index (χ2v) is 8.46. The zero-order chi connectivity index (χ0) is 19.7. The molecule has 27 heavy (non-hydrogen) atoms. The first kappa shape index (κ1) is 24.2. The molecular weight excluding hydrogens is 334 g/mol. The summed E-state index contributed by atoms with van der Waals surface area (Å²) < 4.78 is 5.45. The van der Waals surface area contributed by atoms with Crippen LogP contribution < -0.4 is 0 Å². The first-order valence-electron chi connectivity index (χ1n) is 11.7. The number of hydrogen-bond acceptors (Lipinski definition) is 3. The van der Waals surface area contributed by atoms with Crippen molar-refractivity contribution in [2.75, 3.05) is 26.2 Å². The van der Waals surface area contributed by atoms with E-state index in [1.807, 2.05) is 0 Å². The minimum Gasteiger partial charge on any atom is -0.466 e. The molecule has 0 aromatic rings. The van der Waals surface area contributed by atoms with Gasteiger partial charge in [0.2, 0.25) is 0 Å². The molecule has 0 aromatic carbocycles. The van der Waals surface area contributed by atoms with Gasteiger partial charge in [-0.2, -0.15) is 0 Å². The maximum atomic E-state index is 11.9. The van der Waals surface area contributed by atoms with E-state index in [1.54, 1.807) is 5.57 Å². The van der Waals surface area contributed by atoms with Crippen LogP contribution in [0.25, 0.3) is 0 Å². The van der Waals surface area contributed by atoms with E-state index in [9.17, 15) is 4.79 Å². The Morgan fingerprint density at radius 2 is 1.67 bits per heavy atom. The molecule has 0 aliphatic heterocycles. The highest BCUT2D eigenvalue weighted by Gasteiger charge is 2.12. The number of unbranched alkanes of at least 4 members (excludes halogenated alkanes) is 6. The minimum absolute atomic E-state index is 0.0188. The molecule has 0 aromatic heterocycles. The quantitative estimate of drug-likeness (QED) is 0.154. The number of allylic oxidation sites excluding steroid dienone is 1. The molecule has 3 nitrogen and oxygen atoms in total. The van der Waals surface area contributed by atoms with Crippen LogP contribution in [0.2, 0.25) is 0 Å². The fourth-order valence-electron chi connectivity index (χ4n) is 3.53. The third-order valence-corrected chi connectivity index (χ3v) is 5.43.